The summed E-state index contributed by atoms with van der Waals surface area (Å²) in [5, 5.41) is 9.36. The molecule has 0 saturated carbocycles. The molecule has 2 heterocycles. The third-order valence-electron chi connectivity index (χ3n) is 6.24. The lowest BCUT2D eigenvalue weighted by Gasteiger charge is -2.35. The standard InChI is InChI=1S/C25H22FN3O4/c26-16-13-21(24(30)31)23(27-14-16)28-9-11-29(12-10-28)25(32)33-15-22-19-7-3-1-5-17(19)18-6-2-4-8-20(18)22/h1-8,13-14,22H,9-12,15H2,(H,30,31). The number of carboxylic acids is 1. The first kappa shape index (κ1) is 20.9. The Morgan fingerprint density at radius 1 is 1.00 bits per heavy atom. The van der Waals surface area contributed by atoms with Gasteiger partial charge in [0.2, 0.25) is 0 Å². The van der Waals surface area contributed by atoms with Crippen molar-refractivity contribution in [2.75, 3.05) is 37.7 Å². The number of hydrogen-bond donors (Lipinski definition) is 1. The first-order valence-electron chi connectivity index (χ1n) is 10.8. The van der Waals surface area contributed by atoms with Crippen LogP contribution in [0.25, 0.3) is 11.1 Å². The molecule has 2 aromatic carbocycles. The van der Waals surface area contributed by atoms with E-state index in [4.69, 9.17) is 4.74 Å². The van der Waals surface area contributed by atoms with Crippen LogP contribution >= 0.6 is 0 Å². The molecule has 2 aliphatic rings. The third-order valence-corrected chi connectivity index (χ3v) is 6.24. The van der Waals surface area contributed by atoms with Gasteiger partial charge in [0, 0.05) is 32.1 Å². The number of benzene rings is 2. The van der Waals surface area contributed by atoms with Crippen LogP contribution in [0, 0.1) is 5.82 Å². The summed E-state index contributed by atoms with van der Waals surface area (Å²) < 4.78 is 19.1. The number of halogens is 1. The van der Waals surface area contributed by atoms with Crippen LogP contribution < -0.4 is 4.90 Å². The van der Waals surface area contributed by atoms with Crippen molar-refractivity contribution in [1.82, 2.24) is 9.88 Å². The van der Waals surface area contributed by atoms with Gasteiger partial charge >= 0.3 is 12.1 Å². The molecule has 0 spiro atoms. The Kier molecular flexibility index (Phi) is 5.42. The maximum Gasteiger partial charge on any atom is 0.409 e. The molecule has 1 amide bonds. The highest BCUT2D eigenvalue weighted by molar-refractivity contribution is 5.93. The van der Waals surface area contributed by atoms with Gasteiger partial charge in [0.1, 0.15) is 23.8 Å². The van der Waals surface area contributed by atoms with Crippen LogP contribution in [0.15, 0.2) is 60.8 Å². The molecule has 1 aliphatic heterocycles. The maximum absolute atomic E-state index is 13.4. The highest BCUT2D eigenvalue weighted by atomic mass is 19.1. The molecular weight excluding hydrogens is 425 g/mol. The Bertz CT molecular complexity index is 1180. The van der Waals surface area contributed by atoms with Crippen molar-refractivity contribution in [3.8, 4) is 11.1 Å². The number of nitrogens with zero attached hydrogens (tertiary/aromatic N) is 3. The number of amides is 1. The number of aromatic nitrogens is 1. The summed E-state index contributed by atoms with van der Waals surface area (Å²) in [5.41, 5.74) is 4.46. The Labute approximate surface area is 190 Å². The molecule has 0 radical (unpaired) electrons. The van der Waals surface area contributed by atoms with Gasteiger partial charge in [-0.2, -0.15) is 0 Å². The van der Waals surface area contributed by atoms with E-state index in [-0.39, 0.29) is 23.9 Å². The fraction of sp³-hybridized carbons (Fsp3) is 0.240. The largest absolute Gasteiger partial charge is 0.478 e. The number of carbonyl (C=O) groups excluding carboxylic acids is 1. The number of rotatable bonds is 4. The summed E-state index contributed by atoms with van der Waals surface area (Å²) in [6.07, 6.45) is 0.599. The molecule has 3 aromatic rings. The lowest BCUT2D eigenvalue weighted by Crippen LogP contribution is -2.49. The Balaban J connectivity index is 1.23. The van der Waals surface area contributed by atoms with Crippen molar-refractivity contribution in [3.63, 3.8) is 0 Å². The number of piperazine rings is 1. The van der Waals surface area contributed by atoms with Gasteiger partial charge in [0.05, 0.1) is 6.20 Å². The number of pyridine rings is 1. The first-order chi connectivity index (χ1) is 16.0. The number of aromatic carboxylic acids is 1. The lowest BCUT2D eigenvalue weighted by atomic mass is 9.98. The monoisotopic (exact) mass is 447 g/mol. The summed E-state index contributed by atoms with van der Waals surface area (Å²) in [6.45, 7) is 1.71. The maximum atomic E-state index is 13.4. The van der Waals surface area contributed by atoms with Gasteiger partial charge in [-0.1, -0.05) is 48.5 Å². The van der Waals surface area contributed by atoms with E-state index in [0.29, 0.717) is 26.2 Å². The smallest absolute Gasteiger partial charge is 0.409 e. The molecular formula is C25H22FN3O4. The molecule has 0 bridgehead atoms. The fourth-order valence-electron chi connectivity index (χ4n) is 4.63. The number of carboxylic acid groups (broad SMARTS) is 1. The fourth-order valence-corrected chi connectivity index (χ4v) is 4.63. The van der Waals surface area contributed by atoms with E-state index in [1.165, 1.54) is 11.1 Å². The highest BCUT2D eigenvalue weighted by Crippen LogP contribution is 2.44. The second-order valence-electron chi connectivity index (χ2n) is 8.11. The van der Waals surface area contributed by atoms with Crippen LogP contribution in [0.5, 0.6) is 0 Å². The Morgan fingerprint density at radius 2 is 1.61 bits per heavy atom. The van der Waals surface area contributed by atoms with E-state index >= 15 is 0 Å². The molecule has 7 nitrogen and oxygen atoms in total. The van der Waals surface area contributed by atoms with Crippen LogP contribution in [0.4, 0.5) is 15.0 Å². The van der Waals surface area contributed by atoms with Crippen molar-refractivity contribution in [3.05, 3.63) is 83.3 Å². The van der Waals surface area contributed by atoms with Crippen molar-refractivity contribution < 1.29 is 23.8 Å². The number of anilines is 1. The molecule has 1 aliphatic carbocycles. The number of hydrogen-bond acceptors (Lipinski definition) is 5. The second-order valence-corrected chi connectivity index (χ2v) is 8.11. The average molecular weight is 447 g/mol. The Hall–Kier alpha value is -3.94. The Morgan fingerprint density at radius 3 is 2.21 bits per heavy atom. The van der Waals surface area contributed by atoms with E-state index in [2.05, 4.69) is 29.2 Å². The molecule has 0 unspecified atom stereocenters. The van der Waals surface area contributed by atoms with Crippen LogP contribution in [0.3, 0.4) is 0 Å². The molecule has 1 fully saturated rings. The highest BCUT2D eigenvalue weighted by Gasteiger charge is 2.31. The predicted molar refractivity (Wildman–Crippen MR) is 120 cm³/mol. The van der Waals surface area contributed by atoms with E-state index in [0.717, 1.165) is 23.4 Å². The minimum absolute atomic E-state index is 0.0100. The van der Waals surface area contributed by atoms with Gasteiger partial charge in [-0.15, -0.1) is 0 Å². The van der Waals surface area contributed by atoms with Gasteiger partial charge in [0.15, 0.2) is 0 Å². The van der Waals surface area contributed by atoms with Gasteiger partial charge in [-0.05, 0) is 28.3 Å². The van der Waals surface area contributed by atoms with Crippen LogP contribution in [0.2, 0.25) is 0 Å². The zero-order valence-electron chi connectivity index (χ0n) is 17.8. The average Bonchev–Trinajstić information content (AvgIpc) is 3.16. The minimum atomic E-state index is -1.24. The van der Waals surface area contributed by atoms with Crippen molar-refractivity contribution >= 4 is 17.9 Å². The van der Waals surface area contributed by atoms with E-state index < -0.39 is 17.9 Å². The summed E-state index contributed by atoms with van der Waals surface area (Å²) in [4.78, 5) is 31.5. The molecule has 33 heavy (non-hydrogen) atoms. The number of ether oxygens (including phenoxy) is 1. The molecule has 1 saturated heterocycles. The predicted octanol–water partition coefficient (Wildman–Crippen LogP) is 3.99. The third kappa shape index (κ3) is 3.88. The van der Waals surface area contributed by atoms with Crippen LogP contribution in [-0.4, -0.2) is 59.8 Å². The molecule has 0 atom stereocenters. The molecule has 1 N–H and O–H groups in total. The number of carbonyl (C=O) groups is 2. The van der Waals surface area contributed by atoms with Crippen molar-refractivity contribution in [1.29, 1.82) is 0 Å². The van der Waals surface area contributed by atoms with Gasteiger partial charge in [-0.25, -0.2) is 19.0 Å². The topological polar surface area (TPSA) is 83.0 Å². The van der Waals surface area contributed by atoms with Gasteiger partial charge in [0.25, 0.3) is 0 Å². The zero-order valence-corrected chi connectivity index (χ0v) is 17.8. The van der Waals surface area contributed by atoms with E-state index in [9.17, 15) is 19.1 Å². The van der Waals surface area contributed by atoms with Crippen molar-refractivity contribution in [2.24, 2.45) is 0 Å². The summed E-state index contributed by atoms with van der Waals surface area (Å²) >= 11 is 0. The summed E-state index contributed by atoms with van der Waals surface area (Å²) in [6, 6.07) is 17.3. The quantitative estimate of drug-likeness (QED) is 0.651. The first-order valence-corrected chi connectivity index (χ1v) is 10.8. The summed E-state index contributed by atoms with van der Waals surface area (Å²) in [7, 11) is 0. The van der Waals surface area contributed by atoms with Crippen molar-refractivity contribution in [2.45, 2.75) is 5.92 Å². The van der Waals surface area contributed by atoms with Crippen LogP contribution in [0.1, 0.15) is 27.4 Å². The van der Waals surface area contributed by atoms with Gasteiger partial charge in [-0.3, -0.25) is 0 Å². The minimum Gasteiger partial charge on any atom is -0.478 e. The van der Waals surface area contributed by atoms with E-state index in [1.54, 1.807) is 9.80 Å². The molecule has 8 heteroatoms. The van der Waals surface area contributed by atoms with Crippen LogP contribution in [-0.2, 0) is 4.74 Å². The van der Waals surface area contributed by atoms with Gasteiger partial charge < -0.3 is 19.6 Å². The van der Waals surface area contributed by atoms with E-state index in [1.807, 2.05) is 24.3 Å². The normalized spacial score (nSPS) is 15.2. The zero-order chi connectivity index (χ0) is 22.9. The SMILES string of the molecule is O=C(O)c1cc(F)cnc1N1CCN(C(=O)OCC2c3ccccc3-c3ccccc32)CC1. The second kappa shape index (κ2) is 8.54. The lowest BCUT2D eigenvalue weighted by molar-refractivity contribution is 0.0695. The molecule has 1 aromatic heterocycles. The summed E-state index contributed by atoms with van der Waals surface area (Å²) in [5.74, 6) is -1.75. The number of fused-ring (bicyclic) bond motifs is 3. The molecule has 168 valence electrons. The molecule has 5 rings (SSSR count).